The van der Waals surface area contributed by atoms with Crippen LogP contribution in [0.5, 0.6) is 0 Å². The molecule has 6 heteroatoms. The maximum Gasteiger partial charge on any atom is 0.271 e. The zero-order valence-electron chi connectivity index (χ0n) is 10.9. The van der Waals surface area contributed by atoms with Crippen molar-refractivity contribution in [1.82, 2.24) is 15.2 Å². The number of carbonyl (C=O) groups excluding carboxylic acids is 1. The zero-order valence-corrected chi connectivity index (χ0v) is 11.7. The van der Waals surface area contributed by atoms with Gasteiger partial charge in [-0.05, 0) is 46.1 Å². The molecule has 0 aliphatic rings. The minimum Gasteiger partial charge on any atom is -0.384 e. The highest BCUT2D eigenvalue weighted by Gasteiger charge is 2.15. The second kappa shape index (κ2) is 6.56. The van der Waals surface area contributed by atoms with E-state index in [4.69, 9.17) is 17.3 Å². The Morgan fingerprint density at radius 2 is 2.22 bits per heavy atom. The molecule has 0 saturated carbocycles. The number of nitrogens with one attached hydrogen (secondary N) is 1. The van der Waals surface area contributed by atoms with Crippen LogP contribution in [0.3, 0.4) is 0 Å². The third kappa shape index (κ3) is 4.50. The van der Waals surface area contributed by atoms with Gasteiger partial charge in [-0.3, -0.25) is 4.79 Å². The van der Waals surface area contributed by atoms with Crippen molar-refractivity contribution in [3.05, 3.63) is 22.8 Å². The summed E-state index contributed by atoms with van der Waals surface area (Å²) >= 11 is 5.91. The molecule has 1 heterocycles. The number of aromatic nitrogens is 1. The van der Waals surface area contributed by atoms with Crippen molar-refractivity contribution >= 4 is 23.3 Å². The number of nitrogens with two attached hydrogens (primary N) is 1. The summed E-state index contributed by atoms with van der Waals surface area (Å²) < 4.78 is 0. The number of carbonyl (C=O) groups is 1. The fourth-order valence-electron chi connectivity index (χ4n) is 1.43. The van der Waals surface area contributed by atoms with Crippen LogP contribution < -0.4 is 11.1 Å². The monoisotopic (exact) mass is 270 g/mol. The lowest BCUT2D eigenvalue weighted by Gasteiger charge is -2.16. The van der Waals surface area contributed by atoms with Gasteiger partial charge < -0.3 is 16.0 Å². The van der Waals surface area contributed by atoms with Crippen LogP contribution in [-0.4, -0.2) is 42.5 Å². The molecular formula is C12H19ClN4O. The minimum atomic E-state index is -0.293. The highest BCUT2D eigenvalue weighted by atomic mass is 35.5. The van der Waals surface area contributed by atoms with Gasteiger partial charge in [0.25, 0.3) is 5.91 Å². The first-order valence-electron chi connectivity index (χ1n) is 5.77. The van der Waals surface area contributed by atoms with Crippen molar-refractivity contribution in [1.29, 1.82) is 0 Å². The lowest BCUT2D eigenvalue weighted by Crippen LogP contribution is -2.35. The summed E-state index contributed by atoms with van der Waals surface area (Å²) in [6, 6.07) is 3.19. The lowest BCUT2D eigenvalue weighted by molar-refractivity contribution is 0.0932. The van der Waals surface area contributed by atoms with E-state index >= 15 is 0 Å². The third-order valence-corrected chi connectivity index (χ3v) is 2.77. The standard InChI is InChI=1S/C12H19ClN4O/c1-8(6-7-17(2)3)15-12(18)11-9(13)4-5-10(14)16-11/h4-5,8H,6-7H2,1-3H3,(H2,14,16)(H,15,18). The maximum absolute atomic E-state index is 11.9. The van der Waals surface area contributed by atoms with E-state index in [0.717, 1.165) is 13.0 Å². The first-order chi connectivity index (χ1) is 8.40. The Labute approximate surface area is 112 Å². The number of rotatable bonds is 5. The Balaban J connectivity index is 2.62. The van der Waals surface area contributed by atoms with Crippen LogP contribution in [0.4, 0.5) is 5.82 Å². The first kappa shape index (κ1) is 14.7. The van der Waals surface area contributed by atoms with Gasteiger partial charge in [-0.15, -0.1) is 0 Å². The van der Waals surface area contributed by atoms with Crippen molar-refractivity contribution in [2.45, 2.75) is 19.4 Å². The van der Waals surface area contributed by atoms with Crippen molar-refractivity contribution in [2.24, 2.45) is 0 Å². The second-order valence-electron chi connectivity index (χ2n) is 4.53. The first-order valence-corrected chi connectivity index (χ1v) is 6.15. The number of amides is 1. The van der Waals surface area contributed by atoms with Gasteiger partial charge >= 0.3 is 0 Å². The number of hydrogen-bond acceptors (Lipinski definition) is 4. The number of anilines is 1. The summed E-state index contributed by atoms with van der Waals surface area (Å²) in [6.45, 7) is 2.85. The average molecular weight is 271 g/mol. The molecule has 3 N–H and O–H groups in total. The van der Waals surface area contributed by atoms with E-state index < -0.39 is 0 Å². The van der Waals surface area contributed by atoms with Crippen LogP contribution in [0.25, 0.3) is 0 Å². The molecule has 1 amide bonds. The maximum atomic E-state index is 11.9. The molecule has 1 rings (SSSR count). The number of nitrogens with zero attached hydrogens (tertiary/aromatic N) is 2. The highest BCUT2D eigenvalue weighted by molar-refractivity contribution is 6.33. The molecule has 0 saturated heterocycles. The van der Waals surface area contributed by atoms with Gasteiger partial charge in [0.05, 0.1) is 5.02 Å². The Hall–Kier alpha value is -1.33. The molecule has 0 spiro atoms. The normalized spacial score (nSPS) is 12.5. The van der Waals surface area contributed by atoms with E-state index in [2.05, 4.69) is 15.2 Å². The molecule has 0 aromatic carbocycles. The second-order valence-corrected chi connectivity index (χ2v) is 4.94. The summed E-state index contributed by atoms with van der Waals surface area (Å²) in [6.07, 6.45) is 0.860. The quantitative estimate of drug-likeness (QED) is 0.848. The molecule has 0 aliphatic carbocycles. The van der Waals surface area contributed by atoms with E-state index in [9.17, 15) is 4.79 Å². The Morgan fingerprint density at radius 3 is 2.83 bits per heavy atom. The van der Waals surface area contributed by atoms with Gasteiger partial charge in [-0.2, -0.15) is 0 Å². The number of pyridine rings is 1. The number of nitrogen functional groups attached to an aromatic ring is 1. The molecule has 0 fully saturated rings. The van der Waals surface area contributed by atoms with Crippen molar-refractivity contribution in [2.75, 3.05) is 26.4 Å². The number of hydrogen-bond donors (Lipinski definition) is 2. The molecule has 18 heavy (non-hydrogen) atoms. The molecule has 0 radical (unpaired) electrons. The Morgan fingerprint density at radius 1 is 1.56 bits per heavy atom. The van der Waals surface area contributed by atoms with Crippen LogP contribution in [0.2, 0.25) is 5.02 Å². The fraction of sp³-hybridized carbons (Fsp3) is 0.500. The van der Waals surface area contributed by atoms with Crippen LogP contribution in [0.1, 0.15) is 23.8 Å². The molecule has 1 atom stereocenters. The molecule has 1 aromatic rings. The Kier molecular flexibility index (Phi) is 5.37. The fourth-order valence-corrected chi connectivity index (χ4v) is 1.62. The number of halogens is 1. The van der Waals surface area contributed by atoms with Crippen LogP contribution in [0, 0.1) is 0 Å². The van der Waals surface area contributed by atoms with Crippen LogP contribution >= 0.6 is 11.6 Å². The molecule has 0 bridgehead atoms. The van der Waals surface area contributed by atoms with E-state index in [0.29, 0.717) is 5.02 Å². The van der Waals surface area contributed by atoms with E-state index in [-0.39, 0.29) is 23.5 Å². The van der Waals surface area contributed by atoms with Crippen molar-refractivity contribution in [3.63, 3.8) is 0 Å². The Bertz CT molecular complexity index is 423. The summed E-state index contributed by atoms with van der Waals surface area (Å²) in [4.78, 5) is 18.0. The predicted molar refractivity (Wildman–Crippen MR) is 73.8 cm³/mol. The summed E-state index contributed by atoms with van der Waals surface area (Å²) in [5.41, 5.74) is 5.71. The predicted octanol–water partition coefficient (Wildman–Crippen LogP) is 1.39. The topological polar surface area (TPSA) is 71.2 Å². The van der Waals surface area contributed by atoms with E-state index in [1.165, 1.54) is 0 Å². The van der Waals surface area contributed by atoms with Gasteiger partial charge in [0.15, 0.2) is 0 Å². The van der Waals surface area contributed by atoms with E-state index in [1.54, 1.807) is 12.1 Å². The highest BCUT2D eigenvalue weighted by Crippen LogP contribution is 2.15. The SMILES string of the molecule is CC(CCN(C)C)NC(=O)c1nc(N)ccc1Cl. The van der Waals surface area contributed by atoms with Crippen molar-refractivity contribution < 1.29 is 4.79 Å². The molecule has 5 nitrogen and oxygen atoms in total. The van der Waals surface area contributed by atoms with Crippen LogP contribution in [-0.2, 0) is 0 Å². The molecule has 0 aliphatic heterocycles. The minimum absolute atomic E-state index is 0.0548. The zero-order chi connectivity index (χ0) is 13.7. The van der Waals surface area contributed by atoms with Gasteiger partial charge in [0, 0.05) is 6.04 Å². The van der Waals surface area contributed by atoms with Gasteiger partial charge in [-0.25, -0.2) is 4.98 Å². The van der Waals surface area contributed by atoms with Crippen molar-refractivity contribution in [3.8, 4) is 0 Å². The van der Waals surface area contributed by atoms with Gasteiger partial charge in [-0.1, -0.05) is 11.6 Å². The summed E-state index contributed by atoms with van der Waals surface area (Å²) in [5.74, 6) is -0.0101. The molecular weight excluding hydrogens is 252 g/mol. The van der Waals surface area contributed by atoms with Crippen LogP contribution in [0.15, 0.2) is 12.1 Å². The summed E-state index contributed by atoms with van der Waals surface area (Å²) in [5, 5.41) is 3.16. The van der Waals surface area contributed by atoms with E-state index in [1.807, 2.05) is 21.0 Å². The molecule has 100 valence electrons. The average Bonchev–Trinajstić information content (AvgIpc) is 2.29. The summed E-state index contributed by atoms with van der Waals surface area (Å²) in [7, 11) is 3.98. The lowest BCUT2D eigenvalue weighted by atomic mass is 10.2. The van der Waals surface area contributed by atoms with Gasteiger partial charge in [0.1, 0.15) is 11.5 Å². The molecule has 1 aromatic heterocycles. The third-order valence-electron chi connectivity index (χ3n) is 2.47. The largest absolute Gasteiger partial charge is 0.384 e. The van der Waals surface area contributed by atoms with Gasteiger partial charge in [0.2, 0.25) is 0 Å². The molecule has 1 unspecified atom stereocenters. The smallest absolute Gasteiger partial charge is 0.271 e.